The first kappa shape index (κ1) is 14.6. The van der Waals surface area contributed by atoms with Crippen molar-refractivity contribution in [1.82, 2.24) is 0 Å². The molecule has 0 bridgehead atoms. The number of carbonyl (C=O) groups excluding carboxylic acids is 1. The molecule has 0 aliphatic heterocycles. The molecule has 1 rings (SSSR count). The second-order valence-electron chi connectivity index (χ2n) is 2.24. The Morgan fingerprint density at radius 3 is 2.64 bits per heavy atom. The maximum atomic E-state index is 10.2. The quantitative estimate of drug-likeness (QED) is 0.508. The Hall–Kier alpha value is 0.620. The first-order valence-electron chi connectivity index (χ1n) is 3.37. The summed E-state index contributed by atoms with van der Waals surface area (Å²) in [7, 11) is 0. The van der Waals surface area contributed by atoms with Crippen LogP contribution in [0.4, 0.5) is 0 Å². The van der Waals surface area contributed by atoms with E-state index in [9.17, 15) is 9.90 Å². The Labute approximate surface area is 118 Å². The van der Waals surface area contributed by atoms with Crippen molar-refractivity contribution >= 4 is 40.9 Å². The summed E-state index contributed by atoms with van der Waals surface area (Å²) in [5.74, 6) is -1.25. The van der Waals surface area contributed by atoms with Crippen LogP contribution in [0.1, 0.15) is 0 Å². The zero-order chi connectivity index (χ0) is 9.84. The summed E-state index contributed by atoms with van der Waals surface area (Å²) in [5, 5.41) is 11.2. The average Bonchev–Trinajstić information content (AvgIpc) is 2.06. The summed E-state index contributed by atoms with van der Waals surface area (Å²) in [4.78, 5) is 10.8. The van der Waals surface area contributed by atoms with E-state index >= 15 is 0 Å². The van der Waals surface area contributed by atoms with Crippen LogP contribution in [0.3, 0.4) is 0 Å². The van der Waals surface area contributed by atoms with Crippen molar-refractivity contribution in [2.45, 2.75) is 4.90 Å². The third kappa shape index (κ3) is 4.91. The fourth-order valence-electron chi connectivity index (χ4n) is 0.724. The van der Waals surface area contributed by atoms with E-state index in [2.05, 4.69) is 0 Å². The second kappa shape index (κ2) is 6.99. The molecule has 0 spiro atoms. The molecule has 1 aromatic rings. The van der Waals surface area contributed by atoms with Gasteiger partial charge in [-0.2, -0.15) is 0 Å². The van der Waals surface area contributed by atoms with Gasteiger partial charge in [-0.1, -0.05) is 23.2 Å². The molecule has 1 aromatic carbocycles. The van der Waals surface area contributed by atoms with Crippen LogP contribution < -0.4 is 34.7 Å². The van der Waals surface area contributed by atoms with Crippen molar-refractivity contribution in [3.8, 4) is 0 Å². The Balaban J connectivity index is 0.00000169. The summed E-state index contributed by atoms with van der Waals surface area (Å²) in [5.41, 5.74) is 0. The van der Waals surface area contributed by atoms with Gasteiger partial charge in [-0.25, -0.2) is 0 Å². The largest absolute Gasteiger partial charge is 1.00 e. The molecule has 2 nitrogen and oxygen atoms in total. The van der Waals surface area contributed by atoms with Gasteiger partial charge >= 0.3 is 29.6 Å². The van der Waals surface area contributed by atoms with Crippen molar-refractivity contribution in [2.24, 2.45) is 0 Å². The van der Waals surface area contributed by atoms with E-state index in [4.69, 9.17) is 23.2 Å². The summed E-state index contributed by atoms with van der Waals surface area (Å²) in [6.07, 6.45) is 0. The molecule has 0 unspecified atom stereocenters. The molecule has 0 radical (unpaired) electrons. The third-order valence-electron chi connectivity index (χ3n) is 1.24. The fourth-order valence-corrected chi connectivity index (χ4v) is 1.93. The van der Waals surface area contributed by atoms with E-state index in [-0.39, 0.29) is 35.3 Å². The molecule has 0 saturated heterocycles. The number of hydrogen-bond acceptors (Lipinski definition) is 3. The maximum Gasteiger partial charge on any atom is 1.00 e. The molecule has 0 aliphatic rings. The monoisotopic (exact) mass is 258 g/mol. The second-order valence-corrected chi connectivity index (χ2v) is 4.10. The van der Waals surface area contributed by atoms with Gasteiger partial charge in [-0.05, 0) is 18.2 Å². The van der Waals surface area contributed by atoms with Crippen molar-refractivity contribution in [3.05, 3.63) is 28.2 Å². The summed E-state index contributed by atoms with van der Waals surface area (Å²) < 4.78 is 0. The molecule has 0 saturated carbocycles. The number of aliphatic carboxylic acids is 1. The van der Waals surface area contributed by atoms with Crippen molar-refractivity contribution in [2.75, 3.05) is 5.75 Å². The maximum absolute atomic E-state index is 10.2. The number of halogens is 2. The Morgan fingerprint density at radius 1 is 1.43 bits per heavy atom. The van der Waals surface area contributed by atoms with Crippen LogP contribution in [0.2, 0.25) is 10.0 Å². The molecule has 0 aliphatic carbocycles. The minimum Gasteiger partial charge on any atom is -0.549 e. The molecule has 14 heavy (non-hydrogen) atoms. The number of benzene rings is 1. The molecule has 0 fully saturated rings. The number of hydrogen-bond donors (Lipinski definition) is 0. The molecule has 0 atom stereocenters. The Kier molecular flexibility index (Phi) is 7.30. The minimum atomic E-state index is -1.12. The normalized spacial score (nSPS) is 9.29. The van der Waals surface area contributed by atoms with Gasteiger partial charge in [-0.15, -0.1) is 11.8 Å². The molecular formula is C8H5Cl2NaO2S. The van der Waals surface area contributed by atoms with Gasteiger partial charge in [0.25, 0.3) is 0 Å². The smallest absolute Gasteiger partial charge is 0.549 e. The van der Waals surface area contributed by atoms with Crippen LogP contribution in [0.15, 0.2) is 23.1 Å². The topological polar surface area (TPSA) is 40.1 Å². The van der Waals surface area contributed by atoms with E-state index in [1.807, 2.05) is 0 Å². The van der Waals surface area contributed by atoms with Crippen LogP contribution in [0, 0.1) is 0 Å². The van der Waals surface area contributed by atoms with Crippen LogP contribution in [-0.4, -0.2) is 11.7 Å². The van der Waals surface area contributed by atoms with E-state index < -0.39 is 5.97 Å². The summed E-state index contributed by atoms with van der Waals surface area (Å²) in [6.45, 7) is 0. The van der Waals surface area contributed by atoms with Crippen LogP contribution in [0.5, 0.6) is 0 Å². The van der Waals surface area contributed by atoms with Gasteiger partial charge in [0.1, 0.15) is 0 Å². The first-order valence-corrected chi connectivity index (χ1v) is 5.11. The van der Waals surface area contributed by atoms with E-state index in [0.29, 0.717) is 14.9 Å². The molecule has 6 heteroatoms. The van der Waals surface area contributed by atoms with Crippen molar-refractivity contribution in [3.63, 3.8) is 0 Å². The Morgan fingerprint density at radius 2 is 2.07 bits per heavy atom. The molecule has 0 amide bonds. The number of rotatable bonds is 3. The summed E-state index contributed by atoms with van der Waals surface area (Å²) >= 11 is 12.6. The van der Waals surface area contributed by atoms with Gasteiger partial charge in [0.05, 0.1) is 11.0 Å². The van der Waals surface area contributed by atoms with E-state index in [1.54, 1.807) is 18.2 Å². The number of carboxylic acid groups (broad SMARTS) is 1. The predicted octanol–water partition coefficient (Wildman–Crippen LogP) is -1.16. The van der Waals surface area contributed by atoms with Gasteiger partial charge in [0.15, 0.2) is 0 Å². The average molecular weight is 259 g/mol. The van der Waals surface area contributed by atoms with E-state index in [1.165, 1.54) is 0 Å². The zero-order valence-corrected chi connectivity index (χ0v) is 11.7. The van der Waals surface area contributed by atoms with Crippen LogP contribution in [0.25, 0.3) is 0 Å². The molecule has 0 aromatic heterocycles. The fraction of sp³-hybridized carbons (Fsp3) is 0.125. The SMILES string of the molecule is O=C([O-])CSc1cc(Cl)ccc1Cl.[Na+]. The molecular weight excluding hydrogens is 254 g/mol. The van der Waals surface area contributed by atoms with Gasteiger partial charge < -0.3 is 9.90 Å². The predicted molar refractivity (Wildman–Crippen MR) is 52.2 cm³/mol. The zero-order valence-electron chi connectivity index (χ0n) is 7.42. The summed E-state index contributed by atoms with van der Waals surface area (Å²) in [6, 6.07) is 4.89. The number of carbonyl (C=O) groups is 1. The van der Waals surface area contributed by atoms with Crippen molar-refractivity contribution < 1.29 is 39.5 Å². The van der Waals surface area contributed by atoms with Crippen molar-refractivity contribution in [1.29, 1.82) is 0 Å². The van der Waals surface area contributed by atoms with Gasteiger partial charge in [0, 0.05) is 15.7 Å². The third-order valence-corrected chi connectivity index (χ3v) is 2.94. The standard InChI is InChI=1S/C8H6Cl2O2S.Na/c9-5-1-2-6(10)7(3-5)13-4-8(11)12;/h1-3H,4H2,(H,11,12);/q;+1/p-1. The van der Waals surface area contributed by atoms with Gasteiger partial charge in [-0.3, -0.25) is 0 Å². The number of carboxylic acids is 1. The molecule has 70 valence electrons. The number of thioether (sulfide) groups is 1. The first-order chi connectivity index (χ1) is 6.09. The minimum absolute atomic E-state index is 0. The van der Waals surface area contributed by atoms with E-state index in [0.717, 1.165) is 11.8 Å². The molecule has 0 N–H and O–H groups in total. The Bertz CT molecular complexity index is 333. The molecule has 0 heterocycles. The van der Waals surface area contributed by atoms with Crippen LogP contribution >= 0.6 is 35.0 Å². The van der Waals surface area contributed by atoms with Crippen LogP contribution in [-0.2, 0) is 4.79 Å². The van der Waals surface area contributed by atoms with Gasteiger partial charge in [0.2, 0.25) is 0 Å².